The molecule has 0 N–H and O–H groups in total. The summed E-state index contributed by atoms with van der Waals surface area (Å²) < 4.78 is 24.5. The van der Waals surface area contributed by atoms with E-state index in [0.29, 0.717) is 26.1 Å². The summed E-state index contributed by atoms with van der Waals surface area (Å²) in [4.78, 5) is 13.2. The molecule has 1 rings (SSSR count). The molecule has 1 unspecified atom stereocenters. The van der Waals surface area contributed by atoms with Crippen LogP contribution in [-0.4, -0.2) is 56.0 Å². The zero-order valence-electron chi connectivity index (χ0n) is 10.1. The summed E-state index contributed by atoms with van der Waals surface area (Å²) in [5.41, 5.74) is 0. The molecular formula is C10H20N2O3S. The summed E-state index contributed by atoms with van der Waals surface area (Å²) in [5.74, 6) is 0.385. The minimum absolute atomic E-state index is 0.113. The predicted octanol–water partition coefficient (Wildman–Crippen LogP) is 0.136. The molecule has 5 nitrogen and oxygen atoms in total. The second-order valence-electron chi connectivity index (χ2n) is 4.18. The highest BCUT2D eigenvalue weighted by molar-refractivity contribution is 7.89. The molecule has 1 fully saturated rings. The third kappa shape index (κ3) is 2.95. The van der Waals surface area contributed by atoms with Crippen molar-refractivity contribution in [2.45, 2.75) is 20.3 Å². The molecule has 1 aliphatic rings. The highest BCUT2D eigenvalue weighted by Gasteiger charge is 2.30. The molecule has 0 aromatic carbocycles. The molecule has 16 heavy (non-hydrogen) atoms. The van der Waals surface area contributed by atoms with Gasteiger partial charge < -0.3 is 4.90 Å². The molecule has 0 spiro atoms. The summed E-state index contributed by atoms with van der Waals surface area (Å²) in [6, 6.07) is 0. The van der Waals surface area contributed by atoms with Gasteiger partial charge in [-0.05, 0) is 19.8 Å². The fraction of sp³-hybridized carbons (Fsp3) is 0.900. The first-order valence-corrected chi connectivity index (χ1v) is 7.23. The van der Waals surface area contributed by atoms with Gasteiger partial charge in [0.25, 0.3) is 0 Å². The maximum Gasteiger partial charge on any atom is 0.222 e. The van der Waals surface area contributed by atoms with E-state index in [4.69, 9.17) is 0 Å². The number of nitrogens with zero attached hydrogens (tertiary/aromatic N) is 2. The van der Waals surface area contributed by atoms with Gasteiger partial charge in [0.15, 0.2) is 0 Å². The lowest BCUT2D eigenvalue weighted by Gasteiger charge is -2.20. The standard InChI is InChI=1S/C10H20N2O3S/c1-4-12-8-9(6-10(12)13)7-11(3)16(14,15)5-2/h9H,4-8H2,1-3H3. The fourth-order valence-corrected chi connectivity index (χ4v) is 2.86. The molecule has 1 saturated heterocycles. The van der Waals surface area contributed by atoms with Crippen molar-refractivity contribution in [3.63, 3.8) is 0 Å². The Labute approximate surface area is 97.5 Å². The molecule has 1 amide bonds. The second kappa shape index (κ2) is 5.14. The zero-order valence-corrected chi connectivity index (χ0v) is 11.0. The van der Waals surface area contributed by atoms with E-state index in [1.165, 1.54) is 4.31 Å². The van der Waals surface area contributed by atoms with Gasteiger partial charge in [0.05, 0.1) is 5.75 Å². The average Bonchev–Trinajstić information content (AvgIpc) is 2.58. The Kier molecular flexibility index (Phi) is 4.32. The summed E-state index contributed by atoms with van der Waals surface area (Å²) in [7, 11) is -1.54. The van der Waals surface area contributed by atoms with Gasteiger partial charge in [-0.15, -0.1) is 0 Å². The largest absolute Gasteiger partial charge is 0.343 e. The third-order valence-electron chi connectivity index (χ3n) is 3.03. The van der Waals surface area contributed by atoms with Gasteiger partial charge in [-0.1, -0.05) is 0 Å². The van der Waals surface area contributed by atoms with E-state index in [-0.39, 0.29) is 17.6 Å². The summed E-state index contributed by atoms with van der Waals surface area (Å²) >= 11 is 0. The Balaban J connectivity index is 2.55. The van der Waals surface area contributed by atoms with Crippen LogP contribution in [0.3, 0.4) is 0 Å². The van der Waals surface area contributed by atoms with Crippen LogP contribution in [0.15, 0.2) is 0 Å². The Morgan fingerprint density at radius 2 is 2.06 bits per heavy atom. The second-order valence-corrected chi connectivity index (χ2v) is 6.55. The van der Waals surface area contributed by atoms with Gasteiger partial charge in [-0.3, -0.25) is 4.79 Å². The van der Waals surface area contributed by atoms with Gasteiger partial charge in [0.1, 0.15) is 0 Å². The van der Waals surface area contributed by atoms with Crippen molar-refractivity contribution in [2.24, 2.45) is 5.92 Å². The van der Waals surface area contributed by atoms with Crippen LogP contribution in [0.5, 0.6) is 0 Å². The Morgan fingerprint density at radius 3 is 2.50 bits per heavy atom. The van der Waals surface area contributed by atoms with Crippen molar-refractivity contribution in [1.82, 2.24) is 9.21 Å². The quantitative estimate of drug-likeness (QED) is 0.695. The smallest absolute Gasteiger partial charge is 0.222 e. The molecule has 1 aliphatic heterocycles. The first-order valence-electron chi connectivity index (χ1n) is 5.62. The molecule has 94 valence electrons. The molecular weight excluding hydrogens is 228 g/mol. The van der Waals surface area contributed by atoms with Gasteiger partial charge in [0.2, 0.25) is 15.9 Å². The fourth-order valence-electron chi connectivity index (χ4n) is 1.98. The van der Waals surface area contributed by atoms with Gasteiger partial charge in [-0.2, -0.15) is 0 Å². The van der Waals surface area contributed by atoms with Gasteiger partial charge in [-0.25, -0.2) is 12.7 Å². The Bertz CT molecular complexity index is 353. The Morgan fingerprint density at radius 1 is 1.44 bits per heavy atom. The first-order chi connectivity index (χ1) is 7.40. The number of sulfonamides is 1. The molecule has 0 radical (unpaired) electrons. The SMILES string of the molecule is CCN1CC(CN(C)S(=O)(=O)CC)CC1=O. The van der Waals surface area contributed by atoms with Crippen molar-refractivity contribution in [1.29, 1.82) is 0 Å². The van der Waals surface area contributed by atoms with Crippen LogP contribution >= 0.6 is 0 Å². The lowest BCUT2D eigenvalue weighted by atomic mass is 10.1. The number of carbonyl (C=O) groups excluding carboxylic acids is 1. The average molecular weight is 248 g/mol. The van der Waals surface area contributed by atoms with Crippen LogP contribution in [0.1, 0.15) is 20.3 Å². The lowest BCUT2D eigenvalue weighted by molar-refractivity contribution is -0.127. The summed E-state index contributed by atoms with van der Waals surface area (Å²) in [5, 5.41) is 0. The molecule has 0 aliphatic carbocycles. The summed E-state index contributed by atoms with van der Waals surface area (Å²) in [6.07, 6.45) is 0.470. The van der Waals surface area contributed by atoms with E-state index in [0.717, 1.165) is 0 Å². The van der Waals surface area contributed by atoms with E-state index in [9.17, 15) is 13.2 Å². The van der Waals surface area contributed by atoms with Crippen LogP contribution < -0.4 is 0 Å². The normalized spacial score (nSPS) is 22.1. The highest BCUT2D eigenvalue weighted by atomic mass is 32.2. The lowest BCUT2D eigenvalue weighted by Crippen LogP contribution is -2.34. The van der Waals surface area contributed by atoms with Crippen LogP contribution in [0.4, 0.5) is 0 Å². The van der Waals surface area contributed by atoms with Crippen LogP contribution in [-0.2, 0) is 14.8 Å². The molecule has 1 heterocycles. The van der Waals surface area contributed by atoms with Crippen LogP contribution in [0.25, 0.3) is 0 Å². The molecule has 0 bridgehead atoms. The minimum Gasteiger partial charge on any atom is -0.343 e. The van der Waals surface area contributed by atoms with Crippen molar-refractivity contribution in [3.05, 3.63) is 0 Å². The van der Waals surface area contributed by atoms with Crippen molar-refractivity contribution in [3.8, 4) is 0 Å². The van der Waals surface area contributed by atoms with Crippen molar-refractivity contribution in [2.75, 3.05) is 32.4 Å². The number of likely N-dealkylation sites (tertiary alicyclic amines) is 1. The van der Waals surface area contributed by atoms with Crippen molar-refractivity contribution < 1.29 is 13.2 Å². The number of hydrogen-bond donors (Lipinski definition) is 0. The number of carbonyl (C=O) groups is 1. The van der Waals surface area contributed by atoms with E-state index in [1.807, 2.05) is 6.92 Å². The molecule has 6 heteroatoms. The topological polar surface area (TPSA) is 57.7 Å². The molecule has 1 atom stereocenters. The number of rotatable bonds is 5. The highest BCUT2D eigenvalue weighted by Crippen LogP contribution is 2.19. The van der Waals surface area contributed by atoms with E-state index >= 15 is 0 Å². The number of amides is 1. The molecule has 0 saturated carbocycles. The first kappa shape index (κ1) is 13.4. The monoisotopic (exact) mass is 248 g/mol. The molecule has 0 aromatic heterocycles. The summed E-state index contributed by atoms with van der Waals surface area (Å²) in [6.45, 7) is 5.40. The zero-order chi connectivity index (χ0) is 12.3. The van der Waals surface area contributed by atoms with Gasteiger partial charge >= 0.3 is 0 Å². The third-order valence-corrected chi connectivity index (χ3v) is 4.86. The van der Waals surface area contributed by atoms with E-state index < -0.39 is 10.0 Å². The van der Waals surface area contributed by atoms with Gasteiger partial charge in [0, 0.05) is 33.1 Å². The van der Waals surface area contributed by atoms with E-state index in [1.54, 1.807) is 18.9 Å². The number of hydrogen-bond acceptors (Lipinski definition) is 3. The Hall–Kier alpha value is -0.620. The molecule has 0 aromatic rings. The minimum atomic E-state index is -3.12. The van der Waals surface area contributed by atoms with E-state index in [2.05, 4.69) is 0 Å². The predicted molar refractivity (Wildman–Crippen MR) is 62.5 cm³/mol. The van der Waals surface area contributed by atoms with Crippen LogP contribution in [0.2, 0.25) is 0 Å². The van der Waals surface area contributed by atoms with Crippen molar-refractivity contribution >= 4 is 15.9 Å². The maximum absolute atomic E-state index is 11.5. The maximum atomic E-state index is 11.5. The van der Waals surface area contributed by atoms with Crippen LogP contribution in [0, 0.1) is 5.92 Å².